The van der Waals surface area contributed by atoms with Gasteiger partial charge in [0.2, 0.25) is 11.8 Å². The van der Waals surface area contributed by atoms with Crippen molar-refractivity contribution < 1.29 is 14.4 Å². The molecular weight excluding hydrogens is 160 g/mol. The Labute approximate surface area is 70.4 Å². The summed E-state index contributed by atoms with van der Waals surface area (Å²) in [4.78, 5) is 26.3. The van der Waals surface area contributed by atoms with Crippen LogP contribution < -0.4 is 10.8 Å². The molecule has 68 valence electrons. The average molecular weight is 172 g/mol. The average Bonchev–Trinajstić information content (AvgIpc) is 2.06. The van der Waals surface area contributed by atoms with Gasteiger partial charge in [-0.3, -0.25) is 14.4 Å². The molecule has 2 N–H and O–H groups in total. The van der Waals surface area contributed by atoms with Crippen LogP contribution in [0, 0.1) is 5.92 Å². The Morgan fingerprint density at radius 2 is 2.50 bits per heavy atom. The number of hydroxylamine groups is 1. The van der Waals surface area contributed by atoms with Gasteiger partial charge in [0.15, 0.2) is 0 Å². The molecule has 1 aliphatic rings. The third-order valence-corrected chi connectivity index (χ3v) is 1.84. The number of amides is 2. The van der Waals surface area contributed by atoms with Crippen LogP contribution in [0.2, 0.25) is 0 Å². The number of hydrogen-bond acceptors (Lipinski definition) is 3. The van der Waals surface area contributed by atoms with Crippen LogP contribution in [0.1, 0.15) is 12.8 Å². The highest BCUT2D eigenvalue weighted by molar-refractivity contribution is 5.83. The largest absolute Gasteiger partial charge is 0.355 e. The molecule has 1 rings (SSSR count). The zero-order chi connectivity index (χ0) is 8.97. The minimum absolute atomic E-state index is 0.0106. The summed E-state index contributed by atoms with van der Waals surface area (Å²) >= 11 is 0. The smallest absolute Gasteiger partial charge is 0.248 e. The van der Waals surface area contributed by atoms with Crippen molar-refractivity contribution in [2.24, 2.45) is 5.92 Å². The summed E-state index contributed by atoms with van der Waals surface area (Å²) in [6.45, 7) is 0.411. The summed E-state index contributed by atoms with van der Waals surface area (Å²) in [6.07, 6.45) is 1.02. The van der Waals surface area contributed by atoms with E-state index in [4.69, 9.17) is 0 Å². The first kappa shape index (κ1) is 8.99. The highest BCUT2D eigenvalue weighted by atomic mass is 16.6. The standard InChI is InChI=1S/C7H12N2O3/c1-12-9-7(11)5-2-3-6(10)8-4-5/h5H,2-4H2,1H3,(H,8,10)(H,9,11). The number of hydrogen-bond donors (Lipinski definition) is 2. The van der Waals surface area contributed by atoms with Crippen molar-refractivity contribution in [3.8, 4) is 0 Å². The highest BCUT2D eigenvalue weighted by Gasteiger charge is 2.23. The van der Waals surface area contributed by atoms with Gasteiger partial charge in [-0.15, -0.1) is 0 Å². The molecule has 1 fully saturated rings. The van der Waals surface area contributed by atoms with Gasteiger partial charge in [0.05, 0.1) is 13.0 Å². The van der Waals surface area contributed by atoms with Crippen molar-refractivity contribution in [1.29, 1.82) is 0 Å². The Morgan fingerprint density at radius 3 is 3.00 bits per heavy atom. The van der Waals surface area contributed by atoms with Crippen LogP contribution in [0.25, 0.3) is 0 Å². The van der Waals surface area contributed by atoms with E-state index in [9.17, 15) is 9.59 Å². The Bertz CT molecular complexity index is 183. The van der Waals surface area contributed by atoms with Crippen molar-refractivity contribution in [1.82, 2.24) is 10.8 Å². The number of carbonyl (C=O) groups is 2. The molecule has 0 radical (unpaired) electrons. The van der Waals surface area contributed by atoms with Gasteiger partial charge in [-0.2, -0.15) is 0 Å². The van der Waals surface area contributed by atoms with E-state index in [0.29, 0.717) is 19.4 Å². The molecule has 0 aromatic heterocycles. The molecule has 0 saturated carbocycles. The summed E-state index contributed by atoms with van der Waals surface area (Å²) < 4.78 is 0. The van der Waals surface area contributed by atoms with Crippen molar-refractivity contribution in [2.45, 2.75) is 12.8 Å². The Kier molecular flexibility index (Phi) is 3.04. The van der Waals surface area contributed by atoms with E-state index in [-0.39, 0.29) is 17.7 Å². The van der Waals surface area contributed by atoms with E-state index in [1.807, 2.05) is 0 Å². The first-order valence-corrected chi connectivity index (χ1v) is 3.83. The second kappa shape index (κ2) is 4.06. The summed E-state index contributed by atoms with van der Waals surface area (Å²) in [7, 11) is 1.39. The van der Waals surface area contributed by atoms with E-state index >= 15 is 0 Å². The molecule has 0 aromatic rings. The van der Waals surface area contributed by atoms with Crippen LogP contribution >= 0.6 is 0 Å². The van der Waals surface area contributed by atoms with E-state index in [1.54, 1.807) is 0 Å². The number of piperidine rings is 1. The third kappa shape index (κ3) is 2.20. The van der Waals surface area contributed by atoms with E-state index in [2.05, 4.69) is 15.6 Å². The summed E-state index contributed by atoms with van der Waals surface area (Å²) in [6, 6.07) is 0. The Balaban J connectivity index is 2.33. The highest BCUT2D eigenvalue weighted by Crippen LogP contribution is 2.10. The minimum Gasteiger partial charge on any atom is -0.355 e. The maximum absolute atomic E-state index is 11.1. The second-order valence-electron chi connectivity index (χ2n) is 2.71. The SMILES string of the molecule is CONC(=O)C1CCC(=O)NC1. The van der Waals surface area contributed by atoms with Gasteiger partial charge < -0.3 is 5.32 Å². The van der Waals surface area contributed by atoms with Gasteiger partial charge in [-0.1, -0.05) is 0 Å². The molecule has 5 nitrogen and oxygen atoms in total. The first-order valence-electron chi connectivity index (χ1n) is 3.83. The summed E-state index contributed by atoms with van der Waals surface area (Å²) in [5.74, 6) is -0.309. The van der Waals surface area contributed by atoms with Crippen molar-refractivity contribution in [3.05, 3.63) is 0 Å². The molecular formula is C7H12N2O3. The van der Waals surface area contributed by atoms with Crippen molar-refractivity contribution >= 4 is 11.8 Å². The molecule has 1 heterocycles. The normalized spacial score (nSPS) is 23.1. The third-order valence-electron chi connectivity index (χ3n) is 1.84. The minimum atomic E-state index is -0.169. The predicted octanol–water partition coefficient (Wildman–Crippen LogP) is -0.810. The van der Waals surface area contributed by atoms with Crippen molar-refractivity contribution in [2.75, 3.05) is 13.7 Å². The van der Waals surface area contributed by atoms with Crippen LogP contribution in [-0.4, -0.2) is 25.5 Å². The fourth-order valence-electron chi connectivity index (χ4n) is 1.14. The lowest BCUT2D eigenvalue weighted by molar-refractivity contribution is -0.137. The monoisotopic (exact) mass is 172 g/mol. The number of nitrogens with one attached hydrogen (secondary N) is 2. The molecule has 2 amide bonds. The Hall–Kier alpha value is -1.10. The fraction of sp³-hybridized carbons (Fsp3) is 0.714. The molecule has 1 saturated heterocycles. The van der Waals surface area contributed by atoms with Crippen LogP contribution in [-0.2, 0) is 14.4 Å². The summed E-state index contributed by atoms with van der Waals surface area (Å²) in [5.41, 5.74) is 2.24. The quantitative estimate of drug-likeness (QED) is 0.535. The van der Waals surface area contributed by atoms with Gasteiger partial charge in [-0.25, -0.2) is 5.48 Å². The van der Waals surface area contributed by atoms with E-state index in [0.717, 1.165) is 0 Å². The number of rotatable bonds is 2. The molecule has 0 bridgehead atoms. The van der Waals surface area contributed by atoms with Gasteiger partial charge in [0.1, 0.15) is 0 Å². The van der Waals surface area contributed by atoms with Crippen molar-refractivity contribution in [3.63, 3.8) is 0 Å². The van der Waals surface area contributed by atoms with Gasteiger partial charge in [-0.05, 0) is 6.42 Å². The molecule has 1 unspecified atom stereocenters. The first-order chi connectivity index (χ1) is 5.74. The molecule has 12 heavy (non-hydrogen) atoms. The molecule has 0 aliphatic carbocycles. The second-order valence-corrected chi connectivity index (χ2v) is 2.71. The number of carbonyl (C=O) groups excluding carboxylic acids is 2. The molecule has 1 atom stereocenters. The van der Waals surface area contributed by atoms with Gasteiger partial charge in [0.25, 0.3) is 0 Å². The summed E-state index contributed by atoms with van der Waals surface area (Å²) in [5, 5.41) is 2.62. The zero-order valence-corrected chi connectivity index (χ0v) is 6.92. The lowest BCUT2D eigenvalue weighted by Crippen LogP contribution is -2.42. The lowest BCUT2D eigenvalue weighted by atomic mass is 9.99. The van der Waals surface area contributed by atoms with E-state index in [1.165, 1.54) is 7.11 Å². The molecule has 1 aliphatic heterocycles. The lowest BCUT2D eigenvalue weighted by Gasteiger charge is -2.20. The van der Waals surface area contributed by atoms with E-state index < -0.39 is 0 Å². The van der Waals surface area contributed by atoms with Crippen LogP contribution in [0.5, 0.6) is 0 Å². The maximum atomic E-state index is 11.1. The topological polar surface area (TPSA) is 67.4 Å². The predicted molar refractivity (Wildman–Crippen MR) is 40.9 cm³/mol. The molecule has 0 aromatic carbocycles. The fourth-order valence-corrected chi connectivity index (χ4v) is 1.14. The van der Waals surface area contributed by atoms with Crippen LogP contribution in [0.15, 0.2) is 0 Å². The van der Waals surface area contributed by atoms with Crippen LogP contribution in [0.3, 0.4) is 0 Å². The van der Waals surface area contributed by atoms with Gasteiger partial charge in [0, 0.05) is 13.0 Å². The van der Waals surface area contributed by atoms with Crippen LogP contribution in [0.4, 0.5) is 0 Å². The Morgan fingerprint density at radius 1 is 1.75 bits per heavy atom. The maximum Gasteiger partial charge on any atom is 0.248 e. The zero-order valence-electron chi connectivity index (χ0n) is 6.92. The molecule has 5 heteroatoms. The molecule has 0 spiro atoms. The van der Waals surface area contributed by atoms with Gasteiger partial charge >= 0.3 is 0 Å².